The van der Waals surface area contributed by atoms with Gasteiger partial charge in [0.25, 0.3) is 0 Å². The quantitative estimate of drug-likeness (QED) is 0.608. The van der Waals surface area contributed by atoms with E-state index in [0.717, 1.165) is 17.2 Å². The van der Waals surface area contributed by atoms with Crippen LogP contribution >= 0.6 is 11.8 Å². The maximum atomic E-state index is 12.1. The molecule has 0 aliphatic carbocycles. The molecule has 1 unspecified atom stereocenters. The van der Waals surface area contributed by atoms with Crippen molar-refractivity contribution in [1.82, 2.24) is 0 Å². The Bertz CT molecular complexity index is 380. The number of nitrogen functional groups attached to an aromatic ring is 1. The van der Waals surface area contributed by atoms with Crippen LogP contribution in [-0.4, -0.2) is 30.5 Å². The van der Waals surface area contributed by atoms with Crippen molar-refractivity contribution in [2.75, 3.05) is 29.2 Å². The molecule has 4 nitrogen and oxygen atoms in total. The molecular formula is C13H21N3OS. The van der Waals surface area contributed by atoms with Gasteiger partial charge in [-0.05, 0) is 42.2 Å². The van der Waals surface area contributed by atoms with Crippen molar-refractivity contribution in [3.8, 4) is 0 Å². The summed E-state index contributed by atoms with van der Waals surface area (Å²) in [6, 6.07) is 6.75. The maximum absolute atomic E-state index is 12.1. The standard InChI is InChI=1S/C13H21N3OS/c1-3-18-9-8-12(15)13(17)16(2)11-6-4-10(14)5-7-11/h4-7,12H,3,8-9,14-15H2,1-2H3. The number of rotatable bonds is 6. The van der Waals surface area contributed by atoms with Gasteiger partial charge in [0, 0.05) is 18.4 Å². The lowest BCUT2D eigenvalue weighted by atomic mass is 10.2. The van der Waals surface area contributed by atoms with Crippen molar-refractivity contribution in [3.05, 3.63) is 24.3 Å². The maximum Gasteiger partial charge on any atom is 0.243 e. The number of nitrogens with zero attached hydrogens (tertiary/aromatic N) is 1. The number of benzene rings is 1. The van der Waals surface area contributed by atoms with E-state index < -0.39 is 6.04 Å². The molecule has 18 heavy (non-hydrogen) atoms. The van der Waals surface area contributed by atoms with Gasteiger partial charge in [0.05, 0.1) is 6.04 Å². The Kier molecular flexibility index (Phi) is 6.01. The first kappa shape index (κ1) is 14.9. The molecule has 100 valence electrons. The van der Waals surface area contributed by atoms with E-state index in [0.29, 0.717) is 12.1 Å². The Morgan fingerprint density at radius 3 is 2.56 bits per heavy atom. The van der Waals surface area contributed by atoms with E-state index in [1.165, 1.54) is 0 Å². The smallest absolute Gasteiger partial charge is 0.243 e. The number of anilines is 2. The Balaban J connectivity index is 2.57. The number of likely N-dealkylation sites (N-methyl/N-ethyl adjacent to an activating group) is 1. The minimum Gasteiger partial charge on any atom is -0.399 e. The Hall–Kier alpha value is -1.20. The molecule has 0 radical (unpaired) electrons. The molecular weight excluding hydrogens is 246 g/mol. The van der Waals surface area contributed by atoms with Gasteiger partial charge in [-0.3, -0.25) is 4.79 Å². The molecule has 0 aliphatic heterocycles. The highest BCUT2D eigenvalue weighted by molar-refractivity contribution is 7.99. The van der Waals surface area contributed by atoms with Crippen molar-refractivity contribution in [2.24, 2.45) is 5.73 Å². The minimum absolute atomic E-state index is 0.0588. The second-order valence-electron chi connectivity index (χ2n) is 4.08. The first-order valence-corrected chi connectivity index (χ1v) is 7.18. The van der Waals surface area contributed by atoms with Crippen molar-refractivity contribution in [2.45, 2.75) is 19.4 Å². The molecule has 0 heterocycles. The van der Waals surface area contributed by atoms with Gasteiger partial charge >= 0.3 is 0 Å². The van der Waals surface area contributed by atoms with Crippen molar-refractivity contribution >= 4 is 29.0 Å². The molecule has 4 N–H and O–H groups in total. The van der Waals surface area contributed by atoms with Gasteiger partial charge in [-0.15, -0.1) is 0 Å². The molecule has 1 aromatic carbocycles. The molecule has 0 aromatic heterocycles. The summed E-state index contributed by atoms with van der Waals surface area (Å²) in [7, 11) is 1.74. The monoisotopic (exact) mass is 267 g/mol. The van der Waals surface area contributed by atoms with E-state index in [1.807, 2.05) is 12.1 Å². The highest BCUT2D eigenvalue weighted by Crippen LogP contribution is 2.16. The zero-order valence-electron chi connectivity index (χ0n) is 10.9. The zero-order chi connectivity index (χ0) is 13.5. The summed E-state index contributed by atoms with van der Waals surface area (Å²) < 4.78 is 0. The molecule has 1 rings (SSSR count). The fourth-order valence-corrected chi connectivity index (χ4v) is 2.26. The Labute approximate surface area is 113 Å². The predicted octanol–water partition coefficient (Wildman–Crippen LogP) is 1.70. The van der Waals surface area contributed by atoms with Gasteiger partial charge in [0.1, 0.15) is 0 Å². The Morgan fingerprint density at radius 1 is 1.39 bits per heavy atom. The molecule has 0 fully saturated rings. The summed E-state index contributed by atoms with van der Waals surface area (Å²) in [6.45, 7) is 2.10. The highest BCUT2D eigenvalue weighted by atomic mass is 32.2. The van der Waals surface area contributed by atoms with Crippen molar-refractivity contribution in [3.63, 3.8) is 0 Å². The van der Waals surface area contributed by atoms with Gasteiger partial charge in [0.2, 0.25) is 5.91 Å². The molecule has 1 atom stereocenters. The minimum atomic E-state index is -0.438. The number of carbonyl (C=O) groups excluding carboxylic acids is 1. The summed E-state index contributed by atoms with van der Waals surface area (Å²) >= 11 is 1.80. The third kappa shape index (κ3) is 4.23. The molecule has 0 saturated heterocycles. The number of hydrogen-bond acceptors (Lipinski definition) is 4. The van der Waals surface area contributed by atoms with Crippen molar-refractivity contribution < 1.29 is 4.79 Å². The number of thioether (sulfide) groups is 1. The lowest BCUT2D eigenvalue weighted by molar-refractivity contribution is -0.119. The molecule has 1 amide bonds. The van der Waals surface area contributed by atoms with Crippen LogP contribution in [-0.2, 0) is 4.79 Å². The van der Waals surface area contributed by atoms with Crippen LogP contribution in [0, 0.1) is 0 Å². The zero-order valence-corrected chi connectivity index (χ0v) is 11.7. The van der Waals surface area contributed by atoms with Crippen LogP contribution in [0.25, 0.3) is 0 Å². The fourth-order valence-electron chi connectivity index (χ4n) is 1.55. The van der Waals surface area contributed by atoms with Crippen LogP contribution in [0.3, 0.4) is 0 Å². The SMILES string of the molecule is CCSCCC(N)C(=O)N(C)c1ccc(N)cc1. The van der Waals surface area contributed by atoms with Crippen molar-refractivity contribution in [1.29, 1.82) is 0 Å². The molecule has 0 aliphatic rings. The molecule has 0 spiro atoms. The Morgan fingerprint density at radius 2 is 2.00 bits per heavy atom. The third-order valence-corrected chi connectivity index (χ3v) is 3.64. The average molecular weight is 267 g/mol. The topological polar surface area (TPSA) is 72.4 Å². The van der Waals surface area contributed by atoms with Crippen LogP contribution in [0.4, 0.5) is 11.4 Å². The second kappa shape index (κ2) is 7.28. The number of carbonyl (C=O) groups is 1. The van der Waals surface area contributed by atoms with E-state index in [1.54, 1.807) is 35.8 Å². The number of nitrogens with two attached hydrogens (primary N) is 2. The number of amides is 1. The van der Waals surface area contributed by atoms with E-state index >= 15 is 0 Å². The van der Waals surface area contributed by atoms with Crippen LogP contribution in [0.5, 0.6) is 0 Å². The second-order valence-corrected chi connectivity index (χ2v) is 5.47. The fraction of sp³-hybridized carbons (Fsp3) is 0.462. The normalized spacial score (nSPS) is 12.2. The molecule has 0 bridgehead atoms. The first-order chi connectivity index (χ1) is 8.56. The van der Waals surface area contributed by atoms with Gasteiger partial charge in [0.15, 0.2) is 0 Å². The van der Waals surface area contributed by atoms with Crippen LogP contribution in [0.2, 0.25) is 0 Å². The summed E-state index contributed by atoms with van der Waals surface area (Å²) in [4.78, 5) is 13.7. The van der Waals surface area contributed by atoms with Gasteiger partial charge in [-0.25, -0.2) is 0 Å². The summed E-state index contributed by atoms with van der Waals surface area (Å²) in [6.07, 6.45) is 0.705. The largest absolute Gasteiger partial charge is 0.399 e. The molecule has 0 saturated carbocycles. The molecule has 5 heteroatoms. The third-order valence-electron chi connectivity index (χ3n) is 2.71. The summed E-state index contributed by atoms with van der Waals surface area (Å²) in [5.74, 6) is 1.91. The van der Waals surface area contributed by atoms with E-state index in [4.69, 9.17) is 11.5 Å². The predicted molar refractivity (Wildman–Crippen MR) is 79.9 cm³/mol. The van der Waals surface area contributed by atoms with Crippen LogP contribution < -0.4 is 16.4 Å². The van der Waals surface area contributed by atoms with E-state index in [2.05, 4.69) is 6.92 Å². The van der Waals surface area contributed by atoms with Crippen LogP contribution in [0.1, 0.15) is 13.3 Å². The van der Waals surface area contributed by atoms with Gasteiger partial charge in [-0.2, -0.15) is 11.8 Å². The first-order valence-electron chi connectivity index (χ1n) is 6.02. The lowest BCUT2D eigenvalue weighted by Gasteiger charge is -2.21. The highest BCUT2D eigenvalue weighted by Gasteiger charge is 2.18. The van der Waals surface area contributed by atoms with E-state index in [-0.39, 0.29) is 5.91 Å². The average Bonchev–Trinajstić information content (AvgIpc) is 2.38. The number of hydrogen-bond donors (Lipinski definition) is 2. The molecule has 1 aromatic rings. The lowest BCUT2D eigenvalue weighted by Crippen LogP contribution is -2.42. The van der Waals surface area contributed by atoms with E-state index in [9.17, 15) is 4.79 Å². The van der Waals surface area contributed by atoms with Crippen LogP contribution in [0.15, 0.2) is 24.3 Å². The van der Waals surface area contributed by atoms with Gasteiger partial charge in [-0.1, -0.05) is 6.92 Å². The summed E-state index contributed by atoms with van der Waals surface area (Å²) in [5, 5.41) is 0. The van der Waals surface area contributed by atoms with Gasteiger partial charge < -0.3 is 16.4 Å². The summed E-state index contributed by atoms with van der Waals surface area (Å²) in [5.41, 5.74) is 13.0.